The summed E-state index contributed by atoms with van der Waals surface area (Å²) in [6, 6.07) is 4.00. The molecule has 28 heavy (non-hydrogen) atoms. The maximum atomic E-state index is 14.0. The van der Waals surface area contributed by atoms with Crippen LogP contribution in [0.1, 0.15) is 38.5 Å². The molecule has 0 unspecified atom stereocenters. The molecule has 152 valence electrons. The first-order chi connectivity index (χ1) is 13.3. The Morgan fingerprint density at radius 2 is 2.04 bits per heavy atom. The van der Waals surface area contributed by atoms with Crippen LogP contribution in [0.5, 0.6) is 0 Å². The predicted octanol–water partition coefficient (Wildman–Crippen LogP) is 4.05. The molecule has 3 fully saturated rings. The van der Waals surface area contributed by atoms with Crippen molar-refractivity contribution in [1.82, 2.24) is 0 Å². The summed E-state index contributed by atoms with van der Waals surface area (Å²) < 4.78 is 38.2. The molecule has 1 aliphatic carbocycles. The highest BCUT2D eigenvalue weighted by Crippen LogP contribution is 2.41. The van der Waals surface area contributed by atoms with E-state index in [-0.39, 0.29) is 33.7 Å². The molecule has 1 saturated carbocycles. The Balaban J connectivity index is 1.57. The number of benzene rings is 1. The van der Waals surface area contributed by atoms with Crippen molar-refractivity contribution in [2.45, 2.75) is 49.8 Å². The fourth-order valence-corrected chi connectivity index (χ4v) is 8.34. The zero-order valence-electron chi connectivity index (χ0n) is 15.3. The summed E-state index contributed by atoms with van der Waals surface area (Å²) in [5.41, 5.74) is 0.473. The van der Waals surface area contributed by atoms with Gasteiger partial charge in [0, 0.05) is 17.4 Å². The van der Waals surface area contributed by atoms with Gasteiger partial charge in [-0.2, -0.15) is 4.99 Å². The van der Waals surface area contributed by atoms with Gasteiger partial charge in [-0.05, 0) is 30.5 Å². The van der Waals surface area contributed by atoms with Gasteiger partial charge in [0.15, 0.2) is 15.0 Å². The Bertz CT molecular complexity index is 916. The summed E-state index contributed by atoms with van der Waals surface area (Å²) in [7, 11) is -3.16. The van der Waals surface area contributed by atoms with E-state index >= 15 is 0 Å². The van der Waals surface area contributed by atoms with E-state index in [4.69, 9.17) is 11.6 Å². The van der Waals surface area contributed by atoms with Crippen LogP contribution in [0.3, 0.4) is 0 Å². The monoisotopic (exact) mass is 444 g/mol. The van der Waals surface area contributed by atoms with Crippen molar-refractivity contribution in [3.05, 3.63) is 29.0 Å². The molecule has 3 aliphatic rings. The molecular weight excluding hydrogens is 423 g/mol. The summed E-state index contributed by atoms with van der Waals surface area (Å²) in [6.07, 6.45) is 6.06. The lowest BCUT2D eigenvalue weighted by atomic mass is 10.0. The number of sulfone groups is 1. The summed E-state index contributed by atoms with van der Waals surface area (Å²) in [5.74, 6) is -0.155. The Labute approximate surface area is 173 Å². The van der Waals surface area contributed by atoms with Gasteiger partial charge in [0.05, 0.1) is 22.6 Å². The van der Waals surface area contributed by atoms with E-state index in [1.807, 2.05) is 0 Å². The number of anilines is 1. The zero-order valence-corrected chi connectivity index (χ0v) is 17.7. The number of nitrogens with zero attached hydrogens (tertiary/aromatic N) is 2. The van der Waals surface area contributed by atoms with Gasteiger partial charge in [-0.1, -0.05) is 49.0 Å². The topological polar surface area (TPSA) is 66.8 Å². The number of carbonyl (C=O) groups excluding carboxylic acids is 1. The maximum absolute atomic E-state index is 14.0. The first kappa shape index (κ1) is 20.2. The third-order valence-electron chi connectivity index (χ3n) is 5.71. The Morgan fingerprint density at radius 3 is 2.75 bits per heavy atom. The van der Waals surface area contributed by atoms with Gasteiger partial charge in [0.1, 0.15) is 5.82 Å². The minimum Gasteiger partial charge on any atom is -0.315 e. The molecule has 0 aromatic heterocycles. The molecule has 2 aliphatic heterocycles. The highest BCUT2D eigenvalue weighted by atomic mass is 35.5. The van der Waals surface area contributed by atoms with E-state index in [1.54, 1.807) is 11.0 Å². The highest BCUT2D eigenvalue weighted by Gasteiger charge is 2.49. The molecule has 1 amide bonds. The second kappa shape index (κ2) is 7.95. The first-order valence-corrected chi connectivity index (χ1v) is 12.6. The second-order valence-corrected chi connectivity index (χ2v) is 11.5. The van der Waals surface area contributed by atoms with Crippen LogP contribution in [-0.2, 0) is 14.6 Å². The number of carbonyl (C=O) groups is 1. The van der Waals surface area contributed by atoms with Crippen molar-refractivity contribution in [1.29, 1.82) is 0 Å². The number of thioether (sulfide) groups is 1. The van der Waals surface area contributed by atoms with Gasteiger partial charge < -0.3 is 4.90 Å². The number of rotatable bonds is 4. The fourth-order valence-electron chi connectivity index (χ4n) is 4.29. The smallest absolute Gasteiger partial charge is 0.248 e. The minimum absolute atomic E-state index is 0.00248. The molecule has 9 heteroatoms. The molecule has 0 spiro atoms. The third-order valence-corrected chi connectivity index (χ3v) is 9.23. The molecule has 4 rings (SSSR count). The average molecular weight is 445 g/mol. The van der Waals surface area contributed by atoms with Crippen molar-refractivity contribution >= 4 is 50.0 Å². The van der Waals surface area contributed by atoms with E-state index in [9.17, 15) is 17.6 Å². The van der Waals surface area contributed by atoms with E-state index in [2.05, 4.69) is 4.99 Å². The van der Waals surface area contributed by atoms with Gasteiger partial charge >= 0.3 is 0 Å². The van der Waals surface area contributed by atoms with E-state index < -0.39 is 15.7 Å². The van der Waals surface area contributed by atoms with Crippen molar-refractivity contribution in [2.24, 2.45) is 10.9 Å². The fraction of sp³-hybridized carbons (Fsp3) is 0.579. The molecular formula is C19H22ClFN2O3S2. The van der Waals surface area contributed by atoms with Crippen LogP contribution >= 0.6 is 23.4 Å². The molecule has 2 heterocycles. The molecule has 1 aromatic rings. The largest absolute Gasteiger partial charge is 0.315 e. The van der Waals surface area contributed by atoms with Crippen LogP contribution in [-0.4, -0.2) is 42.3 Å². The summed E-state index contributed by atoms with van der Waals surface area (Å²) in [5, 5.41) is 0.255. The molecule has 1 aromatic carbocycles. The van der Waals surface area contributed by atoms with E-state index in [1.165, 1.54) is 49.6 Å². The van der Waals surface area contributed by atoms with Gasteiger partial charge in [-0.15, -0.1) is 0 Å². The Kier molecular flexibility index (Phi) is 5.73. The number of amides is 1. The first-order valence-electron chi connectivity index (χ1n) is 9.55. The SMILES string of the molecule is O=C(CCC1CCCC1)N=C1S[C@H]2CS(=O)(=O)C[C@H]2N1c1ccc(Cl)c(F)c1. The van der Waals surface area contributed by atoms with Crippen LogP contribution in [0.4, 0.5) is 10.1 Å². The number of halogens is 2. The van der Waals surface area contributed by atoms with Gasteiger partial charge in [-0.25, -0.2) is 12.8 Å². The van der Waals surface area contributed by atoms with Crippen molar-refractivity contribution in [3.63, 3.8) is 0 Å². The normalized spacial score (nSPS) is 28.2. The summed E-state index contributed by atoms with van der Waals surface area (Å²) in [6.45, 7) is 0. The predicted molar refractivity (Wildman–Crippen MR) is 111 cm³/mol. The number of hydrogen-bond acceptors (Lipinski definition) is 4. The highest BCUT2D eigenvalue weighted by molar-refractivity contribution is 8.16. The quantitative estimate of drug-likeness (QED) is 0.700. The van der Waals surface area contributed by atoms with E-state index in [0.717, 1.165) is 6.42 Å². The number of fused-ring (bicyclic) bond motifs is 1. The lowest BCUT2D eigenvalue weighted by molar-refractivity contribution is -0.118. The van der Waals surface area contributed by atoms with Gasteiger partial charge in [0.2, 0.25) is 5.91 Å². The molecule has 0 bridgehead atoms. The van der Waals surface area contributed by atoms with Crippen LogP contribution in [0.15, 0.2) is 23.2 Å². The second-order valence-electron chi connectivity index (χ2n) is 7.75. The minimum atomic E-state index is -3.16. The number of aliphatic imine (C=N–C) groups is 1. The van der Waals surface area contributed by atoms with Gasteiger partial charge in [0.25, 0.3) is 0 Å². The van der Waals surface area contributed by atoms with Crippen LogP contribution in [0, 0.1) is 11.7 Å². The Morgan fingerprint density at radius 1 is 1.29 bits per heavy atom. The number of hydrogen-bond donors (Lipinski definition) is 0. The summed E-state index contributed by atoms with van der Waals surface area (Å²) >= 11 is 7.09. The molecule has 5 nitrogen and oxygen atoms in total. The summed E-state index contributed by atoms with van der Waals surface area (Å²) in [4.78, 5) is 18.5. The van der Waals surface area contributed by atoms with Crippen LogP contribution in [0.2, 0.25) is 5.02 Å². The third kappa shape index (κ3) is 4.24. The lowest BCUT2D eigenvalue weighted by Gasteiger charge is -2.24. The van der Waals surface area contributed by atoms with E-state index in [0.29, 0.717) is 23.2 Å². The molecule has 0 radical (unpaired) electrons. The van der Waals surface area contributed by atoms with Crippen LogP contribution in [0.25, 0.3) is 0 Å². The lowest BCUT2D eigenvalue weighted by Crippen LogP contribution is -2.37. The molecule has 2 atom stereocenters. The molecule has 0 N–H and O–H groups in total. The molecule has 2 saturated heterocycles. The van der Waals surface area contributed by atoms with Crippen molar-refractivity contribution in [3.8, 4) is 0 Å². The zero-order chi connectivity index (χ0) is 19.9. The number of amidine groups is 1. The van der Waals surface area contributed by atoms with Crippen molar-refractivity contribution in [2.75, 3.05) is 16.4 Å². The van der Waals surface area contributed by atoms with Crippen molar-refractivity contribution < 1.29 is 17.6 Å². The Hall–Kier alpha value is -1.12. The van der Waals surface area contributed by atoms with Gasteiger partial charge in [-0.3, -0.25) is 4.79 Å². The standard InChI is InChI=1S/C19H22ClFN2O3S2/c20-14-7-6-13(9-15(14)21)23-16-10-28(25,26)11-17(16)27-19(23)22-18(24)8-5-12-3-1-2-4-12/h6-7,9,12,16-17H,1-5,8,10-11H2/t16-,17+/m1/s1. The average Bonchev–Trinajstić information content (AvgIpc) is 3.30. The maximum Gasteiger partial charge on any atom is 0.248 e. The van der Waals surface area contributed by atoms with Crippen LogP contribution < -0.4 is 4.90 Å².